The zero-order valence-corrected chi connectivity index (χ0v) is 32.4. The molecule has 4 N–H and O–H groups in total. The normalized spacial score (nSPS) is 21.7. The molecule has 0 bridgehead atoms. The van der Waals surface area contributed by atoms with Crippen molar-refractivity contribution in [3.05, 3.63) is 23.8 Å². The van der Waals surface area contributed by atoms with Gasteiger partial charge in [-0.25, -0.2) is 0 Å². The van der Waals surface area contributed by atoms with Gasteiger partial charge in [0.25, 0.3) is 0 Å². The molecule has 0 aliphatic heterocycles. The fourth-order valence-corrected chi connectivity index (χ4v) is 9.26. The van der Waals surface area contributed by atoms with Crippen LogP contribution >= 0.6 is 31.9 Å². The summed E-state index contributed by atoms with van der Waals surface area (Å²) in [5, 5.41) is 5.18. The lowest BCUT2D eigenvalue weighted by Gasteiger charge is -2.47. The summed E-state index contributed by atoms with van der Waals surface area (Å²) in [7, 11) is 4.70. The third-order valence-electron chi connectivity index (χ3n) is 10.6. The Labute approximate surface area is 281 Å². The van der Waals surface area contributed by atoms with Crippen molar-refractivity contribution >= 4 is 31.9 Å². The Bertz CT molecular complexity index is 722. The summed E-state index contributed by atoms with van der Waals surface area (Å²) in [5.41, 5.74) is 1.94. The Hall–Kier alpha value is 0.360. The van der Waals surface area contributed by atoms with Gasteiger partial charge in [-0.15, -0.1) is 0 Å². The minimum absolute atomic E-state index is 0.0737. The summed E-state index contributed by atoms with van der Waals surface area (Å²) in [6.45, 7) is 9.30. The molecule has 0 aromatic heterocycles. The van der Waals surface area contributed by atoms with Crippen molar-refractivity contribution in [2.24, 2.45) is 0 Å². The van der Waals surface area contributed by atoms with Gasteiger partial charge in [0.1, 0.15) is 15.4 Å². The van der Waals surface area contributed by atoms with Crippen molar-refractivity contribution in [1.82, 2.24) is 0 Å². The number of halogens is 2. The molecule has 4 unspecified atom stereocenters. The first kappa shape index (κ1) is 40.4. The van der Waals surface area contributed by atoms with Gasteiger partial charge in [0, 0.05) is 31.3 Å². The van der Waals surface area contributed by atoms with Crippen LogP contribution in [0.2, 0.25) is 0 Å². The molecule has 1 aliphatic carbocycles. The van der Waals surface area contributed by atoms with Crippen LogP contribution in [0.5, 0.6) is 0 Å². The van der Waals surface area contributed by atoms with E-state index in [-0.39, 0.29) is 15.4 Å². The molecule has 4 heteroatoms. The molecule has 0 saturated heterocycles. The number of unbranched alkanes of at least 4 members (excludes halogenated alkanes) is 16. The number of likely N-dealkylation sites (N-methyl/N-ethyl adjacent to an activating group) is 1. The van der Waals surface area contributed by atoms with Crippen molar-refractivity contribution in [2.75, 3.05) is 14.1 Å². The highest BCUT2D eigenvalue weighted by Gasteiger charge is 2.55. The summed E-state index contributed by atoms with van der Waals surface area (Å²) in [5.74, 6) is 0. The van der Waals surface area contributed by atoms with Gasteiger partial charge in [-0.05, 0) is 25.7 Å². The van der Waals surface area contributed by atoms with E-state index < -0.39 is 0 Å². The average Bonchev–Trinajstić information content (AvgIpc) is 3.00. The van der Waals surface area contributed by atoms with Gasteiger partial charge in [0.15, 0.2) is 0 Å². The van der Waals surface area contributed by atoms with Crippen molar-refractivity contribution in [3.8, 4) is 0 Å². The van der Waals surface area contributed by atoms with E-state index in [1.807, 2.05) is 0 Å². The number of hydrogen-bond donors (Lipinski definition) is 2. The maximum atomic E-state index is 4.47. The van der Waals surface area contributed by atoms with Gasteiger partial charge >= 0.3 is 0 Å². The molecule has 1 aliphatic rings. The molecule has 0 aromatic rings. The van der Waals surface area contributed by atoms with E-state index >= 15 is 0 Å². The summed E-state index contributed by atoms with van der Waals surface area (Å²) >= 11 is 8.78. The number of alkyl halides is 2. The molecule has 0 aromatic carbocycles. The van der Waals surface area contributed by atoms with Gasteiger partial charge in [-0.1, -0.05) is 181 Å². The standard InChI is InChI=1S/C38H72Br2N2/c1-7-11-15-19-21-24-29-36(41-5,28-23-17-13-9-3)34-27-32-38(40,35(39)33-34)37(42-6,30-25-18-14-10-4)31-26-22-20-16-12-8-2/h27,32-33,35,41-42H,7-26,28-31H2,1-6H3/p+2. The largest absolute Gasteiger partial charge is 0.342 e. The molecule has 248 valence electrons. The van der Waals surface area contributed by atoms with Crippen LogP contribution in [0.3, 0.4) is 0 Å². The van der Waals surface area contributed by atoms with Crippen molar-refractivity contribution in [1.29, 1.82) is 0 Å². The first-order valence-electron chi connectivity index (χ1n) is 18.7. The highest BCUT2D eigenvalue weighted by Crippen LogP contribution is 2.47. The Morgan fingerprint density at radius 3 is 1.36 bits per heavy atom. The van der Waals surface area contributed by atoms with Crippen LogP contribution in [0.15, 0.2) is 23.8 Å². The van der Waals surface area contributed by atoms with Gasteiger partial charge in [0.05, 0.1) is 18.9 Å². The molecule has 42 heavy (non-hydrogen) atoms. The van der Waals surface area contributed by atoms with Crippen LogP contribution in [0.1, 0.15) is 182 Å². The molecule has 0 fully saturated rings. The summed E-state index contributed by atoms with van der Waals surface area (Å²) < 4.78 is -0.0737. The fraction of sp³-hybridized carbons (Fsp3) is 0.895. The molecule has 1 rings (SSSR count). The van der Waals surface area contributed by atoms with Gasteiger partial charge in [0.2, 0.25) is 0 Å². The molecule has 2 nitrogen and oxygen atoms in total. The van der Waals surface area contributed by atoms with Crippen LogP contribution in [-0.2, 0) is 0 Å². The van der Waals surface area contributed by atoms with Crippen molar-refractivity contribution in [2.45, 2.75) is 202 Å². The van der Waals surface area contributed by atoms with E-state index in [0.717, 1.165) is 0 Å². The predicted octanol–water partition coefficient (Wildman–Crippen LogP) is 10.7. The van der Waals surface area contributed by atoms with Crippen LogP contribution in [0.4, 0.5) is 0 Å². The number of allylic oxidation sites excluding steroid dienone is 1. The van der Waals surface area contributed by atoms with Gasteiger partial charge in [-0.2, -0.15) is 0 Å². The van der Waals surface area contributed by atoms with E-state index in [2.05, 4.69) is 103 Å². The van der Waals surface area contributed by atoms with E-state index in [1.165, 1.54) is 154 Å². The molecule has 0 saturated carbocycles. The lowest BCUT2D eigenvalue weighted by atomic mass is 9.70. The summed E-state index contributed by atoms with van der Waals surface area (Å²) in [4.78, 5) is 0.298. The van der Waals surface area contributed by atoms with E-state index in [1.54, 1.807) is 5.57 Å². The smallest absolute Gasteiger partial charge is 0.121 e. The molecule has 0 radical (unpaired) electrons. The lowest BCUT2D eigenvalue weighted by molar-refractivity contribution is -0.709. The van der Waals surface area contributed by atoms with E-state index in [4.69, 9.17) is 0 Å². The quantitative estimate of drug-likeness (QED) is 0.0597. The Kier molecular flexibility index (Phi) is 22.8. The Morgan fingerprint density at radius 2 is 0.976 bits per heavy atom. The molecule has 4 atom stereocenters. The minimum atomic E-state index is -0.0737. The topological polar surface area (TPSA) is 33.2 Å². The first-order valence-corrected chi connectivity index (χ1v) is 20.4. The average molecular weight is 719 g/mol. The summed E-state index contributed by atoms with van der Waals surface area (Å²) in [6, 6.07) is 0. The zero-order chi connectivity index (χ0) is 31.2. The van der Waals surface area contributed by atoms with E-state index in [0.29, 0.717) is 4.83 Å². The number of nitrogens with two attached hydrogens (primary N) is 2. The third kappa shape index (κ3) is 13.0. The minimum Gasteiger partial charge on any atom is -0.342 e. The van der Waals surface area contributed by atoms with Crippen LogP contribution in [0.25, 0.3) is 0 Å². The van der Waals surface area contributed by atoms with Crippen molar-refractivity contribution in [3.63, 3.8) is 0 Å². The summed E-state index contributed by atoms with van der Waals surface area (Å²) in [6.07, 6.45) is 40.1. The van der Waals surface area contributed by atoms with E-state index in [9.17, 15) is 0 Å². The van der Waals surface area contributed by atoms with Crippen LogP contribution in [-0.4, -0.2) is 34.3 Å². The van der Waals surface area contributed by atoms with Gasteiger partial charge in [-0.3, -0.25) is 0 Å². The van der Waals surface area contributed by atoms with Gasteiger partial charge < -0.3 is 10.6 Å². The maximum Gasteiger partial charge on any atom is 0.121 e. The predicted molar refractivity (Wildman–Crippen MR) is 196 cm³/mol. The highest BCUT2D eigenvalue weighted by atomic mass is 79.9. The van der Waals surface area contributed by atoms with Crippen LogP contribution in [0, 0.1) is 0 Å². The second-order valence-electron chi connectivity index (χ2n) is 13.7. The Balaban J connectivity index is 3.20. The molecular weight excluding hydrogens is 644 g/mol. The first-order chi connectivity index (χ1) is 20.3. The number of hydrogen-bond acceptors (Lipinski definition) is 0. The van der Waals surface area contributed by atoms with Crippen LogP contribution < -0.4 is 10.6 Å². The lowest BCUT2D eigenvalue weighted by Crippen LogP contribution is -2.99. The third-order valence-corrected chi connectivity index (χ3v) is 13.7. The second kappa shape index (κ2) is 23.7. The maximum absolute atomic E-state index is 4.47. The SMILES string of the molecule is CCCCCCCCC(CCCCCC)([NH2+]C)C1=CC(Br)C(Br)(C(CCCCCC)(CCCCCCCC)[NH2+]C)C=C1. The zero-order valence-electron chi connectivity index (χ0n) is 29.2. The fourth-order valence-electron chi connectivity index (χ4n) is 7.47. The molecular formula is C38H74Br2N2+2. The molecule has 0 amide bonds. The molecule has 0 heterocycles. The number of quaternary nitrogens is 2. The molecule has 0 spiro atoms. The second-order valence-corrected chi connectivity index (χ2v) is 16.0. The van der Waals surface area contributed by atoms with Crippen molar-refractivity contribution < 1.29 is 10.6 Å². The number of rotatable bonds is 28. The monoisotopic (exact) mass is 716 g/mol. The highest BCUT2D eigenvalue weighted by molar-refractivity contribution is 9.12. The Morgan fingerprint density at radius 1 is 0.595 bits per heavy atom.